The maximum atomic E-state index is 13.0. The van der Waals surface area contributed by atoms with Crippen LogP contribution in [-0.4, -0.2) is 55.0 Å². The van der Waals surface area contributed by atoms with Gasteiger partial charge >= 0.3 is 11.9 Å². The van der Waals surface area contributed by atoms with Crippen molar-refractivity contribution >= 4 is 18.2 Å². The zero-order valence-electron chi connectivity index (χ0n) is 19.1. The molecule has 5 rings (SSSR count). The summed E-state index contributed by atoms with van der Waals surface area (Å²) < 4.78 is 29.5. The Bertz CT molecular complexity index is 849. The van der Waals surface area contributed by atoms with E-state index in [2.05, 4.69) is 13.8 Å². The van der Waals surface area contributed by atoms with Gasteiger partial charge in [0.05, 0.1) is 24.4 Å². The number of hydrogen-bond donors (Lipinski definition) is 0. The lowest BCUT2D eigenvalue weighted by Crippen LogP contribution is -2.69. The molecule has 3 aliphatic heterocycles. The SMILES string of the molecule is CC(=O)O[C@@H]1C[C@@H]2[C@@](C)([C@@H]3C[C@H]4C=CO[C@H]4O3)[C@H](C)C[C@H](OC(C)=O)[C@@]2(C=O)[C@@]2(CO2)C1. The van der Waals surface area contributed by atoms with Crippen LogP contribution in [0.15, 0.2) is 12.3 Å². The maximum absolute atomic E-state index is 13.0. The van der Waals surface area contributed by atoms with Gasteiger partial charge in [0.25, 0.3) is 0 Å². The fraction of sp³-hybridized carbons (Fsp3) is 0.792. The first-order chi connectivity index (χ1) is 15.2. The van der Waals surface area contributed by atoms with E-state index < -0.39 is 28.5 Å². The van der Waals surface area contributed by atoms with Crippen LogP contribution in [0.5, 0.6) is 0 Å². The molecule has 2 saturated carbocycles. The number of rotatable bonds is 4. The fourth-order valence-electron chi connectivity index (χ4n) is 7.34. The van der Waals surface area contributed by atoms with Gasteiger partial charge in [0.1, 0.15) is 24.1 Å². The molecule has 0 aromatic rings. The molecule has 2 saturated heterocycles. The highest BCUT2D eigenvalue weighted by atomic mass is 16.7. The number of fused-ring (bicyclic) bond motifs is 3. The second kappa shape index (κ2) is 7.29. The summed E-state index contributed by atoms with van der Waals surface area (Å²) in [6, 6.07) is 0. The molecule has 0 N–H and O–H groups in total. The Hall–Kier alpha value is -1.93. The minimum Gasteiger partial charge on any atom is -0.472 e. The van der Waals surface area contributed by atoms with Crippen molar-refractivity contribution in [3.05, 3.63) is 12.3 Å². The van der Waals surface area contributed by atoms with Gasteiger partial charge in [-0.1, -0.05) is 13.8 Å². The average Bonchev–Trinajstić information content (AvgIpc) is 3.15. The van der Waals surface area contributed by atoms with E-state index in [-0.39, 0.29) is 42.2 Å². The maximum Gasteiger partial charge on any atom is 0.302 e. The largest absolute Gasteiger partial charge is 0.472 e. The molecule has 8 nitrogen and oxygen atoms in total. The number of esters is 2. The Labute approximate surface area is 187 Å². The van der Waals surface area contributed by atoms with Crippen LogP contribution in [0.2, 0.25) is 0 Å². The lowest BCUT2D eigenvalue weighted by molar-refractivity contribution is -0.242. The van der Waals surface area contributed by atoms with Gasteiger partial charge in [-0.25, -0.2) is 0 Å². The first-order valence-electron chi connectivity index (χ1n) is 11.6. The Morgan fingerprint density at radius 1 is 1.12 bits per heavy atom. The lowest BCUT2D eigenvalue weighted by Gasteiger charge is -2.63. The van der Waals surface area contributed by atoms with Gasteiger partial charge in [0.2, 0.25) is 6.29 Å². The molecule has 176 valence electrons. The zero-order valence-corrected chi connectivity index (χ0v) is 19.1. The summed E-state index contributed by atoms with van der Waals surface area (Å²) in [5.74, 6) is -0.746. The Morgan fingerprint density at radius 2 is 1.84 bits per heavy atom. The topological polar surface area (TPSA) is 101 Å². The normalized spacial score (nSPS) is 50.8. The standard InChI is InChI=1S/C24H32O8/c1-13-7-20(31-15(3)27)24(11-25)18(9-17(30-14(2)26)10-23(24)12-29-23)22(13,4)19-8-16-5-6-28-21(16)32-19/h5-6,11,13,16-21H,7-10,12H2,1-4H3/t13-,16-,17-,18-,19+,20+,21+,22+,23+,24+/m1/s1. The molecule has 10 atom stereocenters. The molecule has 5 aliphatic rings. The predicted molar refractivity (Wildman–Crippen MR) is 110 cm³/mol. The Kier molecular flexibility index (Phi) is 4.98. The predicted octanol–water partition coefficient (Wildman–Crippen LogP) is 2.54. The van der Waals surface area contributed by atoms with E-state index in [1.165, 1.54) is 13.8 Å². The monoisotopic (exact) mass is 448 g/mol. The summed E-state index contributed by atoms with van der Waals surface area (Å²) >= 11 is 0. The third kappa shape index (κ3) is 2.91. The minimum atomic E-state index is -1.02. The van der Waals surface area contributed by atoms with Gasteiger partial charge in [-0.3, -0.25) is 9.59 Å². The van der Waals surface area contributed by atoms with E-state index in [9.17, 15) is 14.4 Å². The Balaban J connectivity index is 1.59. The van der Waals surface area contributed by atoms with E-state index in [0.29, 0.717) is 25.9 Å². The van der Waals surface area contributed by atoms with E-state index in [4.69, 9.17) is 23.7 Å². The van der Waals surface area contributed by atoms with E-state index in [0.717, 1.165) is 12.7 Å². The number of aldehydes is 1. The highest BCUT2D eigenvalue weighted by Gasteiger charge is 2.77. The van der Waals surface area contributed by atoms with Crippen LogP contribution >= 0.6 is 0 Å². The quantitative estimate of drug-likeness (QED) is 0.367. The second-order valence-corrected chi connectivity index (χ2v) is 10.5. The summed E-state index contributed by atoms with van der Waals surface area (Å²) in [5.41, 5.74) is -2.25. The molecule has 0 aromatic carbocycles. The molecule has 0 radical (unpaired) electrons. The average molecular weight is 449 g/mol. The van der Waals surface area contributed by atoms with Crippen LogP contribution in [0.4, 0.5) is 0 Å². The number of carbonyl (C=O) groups is 3. The van der Waals surface area contributed by atoms with E-state index in [1.807, 2.05) is 6.08 Å². The van der Waals surface area contributed by atoms with Gasteiger partial charge in [0, 0.05) is 31.6 Å². The molecule has 0 aromatic heterocycles. The number of carbonyl (C=O) groups excluding carboxylic acids is 3. The van der Waals surface area contributed by atoms with Gasteiger partial charge in [-0.2, -0.15) is 0 Å². The number of hydrogen-bond acceptors (Lipinski definition) is 8. The van der Waals surface area contributed by atoms with Crippen LogP contribution in [-0.2, 0) is 38.1 Å². The zero-order chi connectivity index (χ0) is 22.9. The highest BCUT2D eigenvalue weighted by molar-refractivity contribution is 5.71. The van der Waals surface area contributed by atoms with Crippen molar-refractivity contribution in [3.8, 4) is 0 Å². The van der Waals surface area contributed by atoms with Crippen molar-refractivity contribution in [2.24, 2.45) is 28.6 Å². The molecule has 0 unspecified atom stereocenters. The van der Waals surface area contributed by atoms with Crippen LogP contribution in [0.1, 0.15) is 53.4 Å². The molecule has 1 spiro atoms. The molecule has 8 heteroatoms. The molecule has 3 heterocycles. The van der Waals surface area contributed by atoms with Crippen molar-refractivity contribution in [1.29, 1.82) is 0 Å². The van der Waals surface area contributed by atoms with Crippen LogP contribution in [0.25, 0.3) is 0 Å². The summed E-state index contributed by atoms with van der Waals surface area (Å²) in [4.78, 5) is 36.9. The number of epoxide rings is 1. The molecule has 0 bridgehead atoms. The lowest BCUT2D eigenvalue weighted by atomic mass is 9.42. The van der Waals surface area contributed by atoms with Crippen molar-refractivity contribution in [3.63, 3.8) is 0 Å². The summed E-state index contributed by atoms with van der Waals surface area (Å²) in [6.07, 6.45) is 5.53. The number of ether oxygens (including phenoxy) is 5. The smallest absolute Gasteiger partial charge is 0.302 e. The highest BCUT2D eigenvalue weighted by Crippen LogP contribution is 2.69. The second-order valence-electron chi connectivity index (χ2n) is 10.5. The Morgan fingerprint density at radius 3 is 2.44 bits per heavy atom. The van der Waals surface area contributed by atoms with Gasteiger partial charge in [-0.15, -0.1) is 0 Å². The summed E-state index contributed by atoms with van der Waals surface area (Å²) in [7, 11) is 0. The third-order valence-electron chi connectivity index (χ3n) is 9.03. The molecule has 32 heavy (non-hydrogen) atoms. The van der Waals surface area contributed by atoms with Crippen molar-refractivity contribution in [1.82, 2.24) is 0 Å². The molecular weight excluding hydrogens is 416 g/mol. The first kappa shape index (κ1) is 21.9. The van der Waals surface area contributed by atoms with Gasteiger partial charge in [-0.05, 0) is 37.2 Å². The van der Waals surface area contributed by atoms with E-state index >= 15 is 0 Å². The first-order valence-corrected chi connectivity index (χ1v) is 11.6. The summed E-state index contributed by atoms with van der Waals surface area (Å²) in [6.45, 7) is 7.46. The van der Waals surface area contributed by atoms with Gasteiger partial charge in [0.15, 0.2) is 0 Å². The van der Waals surface area contributed by atoms with Crippen molar-refractivity contribution in [2.45, 2.75) is 83.6 Å². The van der Waals surface area contributed by atoms with Crippen molar-refractivity contribution in [2.75, 3.05) is 6.61 Å². The van der Waals surface area contributed by atoms with E-state index in [1.54, 1.807) is 6.26 Å². The third-order valence-corrected chi connectivity index (χ3v) is 9.03. The van der Waals surface area contributed by atoms with Crippen LogP contribution < -0.4 is 0 Å². The molecule has 4 fully saturated rings. The molecule has 0 amide bonds. The van der Waals surface area contributed by atoms with Crippen LogP contribution in [0, 0.1) is 28.6 Å². The summed E-state index contributed by atoms with van der Waals surface area (Å²) in [5, 5.41) is 0. The minimum absolute atomic E-state index is 0.0876. The molecular formula is C24H32O8. The van der Waals surface area contributed by atoms with Crippen LogP contribution in [0.3, 0.4) is 0 Å². The van der Waals surface area contributed by atoms with Gasteiger partial charge < -0.3 is 28.5 Å². The fourth-order valence-corrected chi connectivity index (χ4v) is 7.34. The van der Waals surface area contributed by atoms with Crippen molar-refractivity contribution < 1.29 is 38.1 Å². The molecule has 2 aliphatic carbocycles.